The summed E-state index contributed by atoms with van der Waals surface area (Å²) in [6.07, 6.45) is 3.83. The van der Waals surface area contributed by atoms with E-state index in [0.717, 1.165) is 42.7 Å². The molecule has 0 spiro atoms. The van der Waals surface area contributed by atoms with Crippen molar-refractivity contribution in [3.05, 3.63) is 6.07 Å². The molecule has 2 rings (SSSR count). The van der Waals surface area contributed by atoms with Crippen molar-refractivity contribution < 1.29 is 4.79 Å². The van der Waals surface area contributed by atoms with Gasteiger partial charge in [0.1, 0.15) is 17.7 Å². The van der Waals surface area contributed by atoms with Gasteiger partial charge in [0, 0.05) is 26.2 Å². The van der Waals surface area contributed by atoms with Crippen molar-refractivity contribution in [2.45, 2.75) is 31.0 Å². The van der Waals surface area contributed by atoms with Gasteiger partial charge in [0.15, 0.2) is 5.16 Å². The summed E-state index contributed by atoms with van der Waals surface area (Å²) in [5.74, 6) is 1.69. The number of thioether (sulfide) groups is 1. The molecule has 1 atom stereocenters. The van der Waals surface area contributed by atoms with E-state index in [1.807, 2.05) is 19.2 Å². The Labute approximate surface area is 123 Å². The largest absolute Gasteiger partial charge is 0.370 e. The van der Waals surface area contributed by atoms with Crippen LogP contribution in [0.1, 0.15) is 19.8 Å². The van der Waals surface area contributed by atoms with Crippen molar-refractivity contribution in [2.75, 3.05) is 36.6 Å². The molecule has 0 radical (unpaired) electrons. The molecule has 1 aliphatic rings. The van der Waals surface area contributed by atoms with E-state index in [0.29, 0.717) is 0 Å². The van der Waals surface area contributed by atoms with Gasteiger partial charge in [-0.3, -0.25) is 4.79 Å². The van der Waals surface area contributed by atoms with E-state index in [9.17, 15) is 4.79 Å². The molecular formula is C13H21N5OS. The summed E-state index contributed by atoms with van der Waals surface area (Å²) in [7, 11) is 1.68. The van der Waals surface area contributed by atoms with Crippen LogP contribution in [0.3, 0.4) is 0 Å². The molecule has 0 aliphatic carbocycles. The first-order valence-electron chi connectivity index (χ1n) is 6.84. The van der Waals surface area contributed by atoms with Crippen molar-refractivity contribution in [3.63, 3.8) is 0 Å². The van der Waals surface area contributed by atoms with Gasteiger partial charge in [0.2, 0.25) is 5.91 Å². The summed E-state index contributed by atoms with van der Waals surface area (Å²) >= 11 is 1.51. The first-order valence-corrected chi connectivity index (χ1v) is 8.07. The fourth-order valence-electron chi connectivity index (χ4n) is 2.40. The average molecular weight is 295 g/mol. The number of amides is 1. The Balaban J connectivity index is 2.30. The summed E-state index contributed by atoms with van der Waals surface area (Å²) in [6.45, 7) is 3.70. The van der Waals surface area contributed by atoms with Crippen LogP contribution in [-0.2, 0) is 4.79 Å². The van der Waals surface area contributed by atoms with Gasteiger partial charge in [-0.2, -0.15) is 0 Å². The Morgan fingerprint density at radius 1 is 1.55 bits per heavy atom. The number of rotatable bonds is 5. The zero-order valence-corrected chi connectivity index (χ0v) is 13.0. The normalized spacial score (nSPS) is 18.1. The highest BCUT2D eigenvalue weighted by molar-refractivity contribution is 7.98. The van der Waals surface area contributed by atoms with Gasteiger partial charge in [-0.25, -0.2) is 9.97 Å². The Morgan fingerprint density at radius 3 is 3.00 bits per heavy atom. The number of hydrogen-bond acceptors (Lipinski definition) is 6. The van der Waals surface area contributed by atoms with E-state index in [-0.39, 0.29) is 11.9 Å². The minimum absolute atomic E-state index is 0.0526. The average Bonchev–Trinajstić information content (AvgIpc) is 2.95. The predicted molar refractivity (Wildman–Crippen MR) is 82.4 cm³/mol. The fraction of sp³-hybridized carbons (Fsp3) is 0.615. The number of carbonyl (C=O) groups excluding carboxylic acids is 1. The molecule has 2 N–H and O–H groups in total. The van der Waals surface area contributed by atoms with Crippen molar-refractivity contribution in [3.8, 4) is 0 Å². The molecule has 0 bridgehead atoms. The Kier molecular flexibility index (Phi) is 5.05. The maximum absolute atomic E-state index is 11.9. The molecule has 7 heteroatoms. The minimum atomic E-state index is -0.126. The Hall–Kier alpha value is -1.50. The highest BCUT2D eigenvalue weighted by Crippen LogP contribution is 2.27. The Morgan fingerprint density at radius 2 is 2.35 bits per heavy atom. The lowest BCUT2D eigenvalue weighted by molar-refractivity contribution is -0.121. The second kappa shape index (κ2) is 6.78. The van der Waals surface area contributed by atoms with Gasteiger partial charge in [-0.15, -0.1) is 0 Å². The molecule has 1 aliphatic heterocycles. The van der Waals surface area contributed by atoms with E-state index in [4.69, 9.17) is 0 Å². The lowest BCUT2D eigenvalue weighted by Crippen LogP contribution is -2.42. The monoisotopic (exact) mass is 295 g/mol. The second-order valence-electron chi connectivity index (χ2n) is 4.59. The van der Waals surface area contributed by atoms with Crippen LogP contribution in [0.2, 0.25) is 0 Å². The third-order valence-electron chi connectivity index (χ3n) is 3.33. The number of aromatic nitrogens is 2. The maximum atomic E-state index is 11.9. The van der Waals surface area contributed by atoms with Gasteiger partial charge < -0.3 is 15.5 Å². The van der Waals surface area contributed by atoms with Gasteiger partial charge in [0.25, 0.3) is 0 Å². The van der Waals surface area contributed by atoms with Crippen LogP contribution in [0.4, 0.5) is 11.6 Å². The first-order chi connectivity index (χ1) is 9.69. The fourth-order valence-corrected chi connectivity index (χ4v) is 2.78. The minimum Gasteiger partial charge on any atom is -0.370 e. The summed E-state index contributed by atoms with van der Waals surface area (Å²) in [5, 5.41) is 6.67. The molecule has 6 nitrogen and oxygen atoms in total. The lowest BCUT2D eigenvalue weighted by atomic mass is 10.2. The van der Waals surface area contributed by atoms with Gasteiger partial charge >= 0.3 is 0 Å². The molecule has 1 aromatic rings. The molecule has 1 aromatic heterocycles. The van der Waals surface area contributed by atoms with Crippen molar-refractivity contribution in [1.29, 1.82) is 0 Å². The molecule has 0 aromatic carbocycles. The smallest absolute Gasteiger partial charge is 0.242 e. The van der Waals surface area contributed by atoms with Crippen molar-refractivity contribution in [1.82, 2.24) is 15.3 Å². The van der Waals surface area contributed by atoms with E-state index >= 15 is 0 Å². The second-order valence-corrected chi connectivity index (χ2v) is 5.37. The molecule has 1 unspecified atom stereocenters. The number of nitrogens with one attached hydrogen (secondary N) is 2. The van der Waals surface area contributed by atoms with Crippen LogP contribution in [0.5, 0.6) is 0 Å². The van der Waals surface area contributed by atoms with Crippen LogP contribution < -0.4 is 15.5 Å². The standard InChI is InChI=1S/C13H21N5OS/c1-4-15-10-8-11(17-13(16-10)20-3)18-7-5-6-9(18)12(19)14-2/h8-9H,4-7H2,1-3H3,(H,14,19)(H,15,16,17). The summed E-state index contributed by atoms with van der Waals surface area (Å²) in [4.78, 5) is 23.0. The van der Waals surface area contributed by atoms with Crippen LogP contribution in [0, 0.1) is 0 Å². The van der Waals surface area contributed by atoms with Gasteiger partial charge in [0.05, 0.1) is 0 Å². The number of anilines is 2. The summed E-state index contributed by atoms with van der Waals surface area (Å²) in [6, 6.07) is 1.80. The number of carbonyl (C=O) groups is 1. The number of likely N-dealkylation sites (N-methyl/N-ethyl adjacent to an activating group) is 1. The first kappa shape index (κ1) is 14.9. The summed E-state index contributed by atoms with van der Waals surface area (Å²) < 4.78 is 0. The molecule has 110 valence electrons. The van der Waals surface area contributed by atoms with Crippen LogP contribution in [0.15, 0.2) is 11.2 Å². The maximum Gasteiger partial charge on any atom is 0.242 e. The van der Waals surface area contributed by atoms with Crippen LogP contribution in [-0.4, -0.2) is 48.3 Å². The highest BCUT2D eigenvalue weighted by Gasteiger charge is 2.31. The lowest BCUT2D eigenvalue weighted by Gasteiger charge is -2.25. The number of hydrogen-bond donors (Lipinski definition) is 2. The molecular weight excluding hydrogens is 274 g/mol. The molecule has 1 fully saturated rings. The molecule has 2 heterocycles. The molecule has 1 saturated heterocycles. The van der Waals surface area contributed by atoms with E-state index < -0.39 is 0 Å². The van der Waals surface area contributed by atoms with Gasteiger partial charge in [-0.05, 0) is 26.0 Å². The molecule has 20 heavy (non-hydrogen) atoms. The van der Waals surface area contributed by atoms with Crippen LogP contribution in [0.25, 0.3) is 0 Å². The zero-order chi connectivity index (χ0) is 14.5. The third kappa shape index (κ3) is 3.15. The van der Waals surface area contributed by atoms with E-state index in [1.54, 1.807) is 7.05 Å². The topological polar surface area (TPSA) is 70.2 Å². The Bertz CT molecular complexity index is 482. The van der Waals surface area contributed by atoms with E-state index in [1.165, 1.54) is 11.8 Å². The van der Waals surface area contributed by atoms with Crippen molar-refractivity contribution in [2.24, 2.45) is 0 Å². The molecule has 0 saturated carbocycles. The van der Waals surface area contributed by atoms with Crippen molar-refractivity contribution >= 4 is 29.3 Å². The van der Waals surface area contributed by atoms with E-state index in [2.05, 4.69) is 25.5 Å². The van der Waals surface area contributed by atoms with Crippen LogP contribution >= 0.6 is 11.8 Å². The van der Waals surface area contributed by atoms with Gasteiger partial charge in [-0.1, -0.05) is 11.8 Å². The zero-order valence-electron chi connectivity index (χ0n) is 12.1. The predicted octanol–water partition coefficient (Wildman–Crippen LogP) is 1.35. The summed E-state index contributed by atoms with van der Waals surface area (Å²) in [5.41, 5.74) is 0. The highest BCUT2D eigenvalue weighted by atomic mass is 32.2. The SMILES string of the molecule is CCNc1cc(N2CCCC2C(=O)NC)nc(SC)n1. The number of nitrogens with zero attached hydrogens (tertiary/aromatic N) is 3. The quantitative estimate of drug-likeness (QED) is 0.631. The molecule has 1 amide bonds. The third-order valence-corrected chi connectivity index (χ3v) is 3.88.